The van der Waals surface area contributed by atoms with Crippen molar-refractivity contribution in [3.8, 4) is 0 Å². The van der Waals surface area contributed by atoms with Crippen LogP contribution in [-0.4, -0.2) is 60.2 Å². The lowest BCUT2D eigenvalue weighted by molar-refractivity contribution is 0.000149. The topological polar surface area (TPSA) is 28.6 Å². The van der Waals surface area contributed by atoms with Gasteiger partial charge < -0.3 is 4.74 Å². The van der Waals surface area contributed by atoms with Gasteiger partial charge in [-0.15, -0.1) is 11.3 Å². The number of ether oxygens (including phenoxy) is 1. The first kappa shape index (κ1) is 13.5. The van der Waals surface area contributed by atoms with Gasteiger partial charge >= 0.3 is 0 Å². The van der Waals surface area contributed by atoms with Crippen LogP contribution in [0.4, 0.5) is 0 Å². The fraction of sp³-hybridized carbons (Fsp3) is 0.786. The third-order valence-corrected chi connectivity index (χ3v) is 4.99. The number of aryl methyl sites for hydroxylation is 1. The molecule has 3 heterocycles. The second kappa shape index (κ2) is 6.31. The van der Waals surface area contributed by atoms with Crippen molar-refractivity contribution in [2.24, 2.45) is 0 Å². The van der Waals surface area contributed by atoms with Crippen molar-refractivity contribution < 1.29 is 4.74 Å². The van der Waals surface area contributed by atoms with Crippen molar-refractivity contribution in [3.05, 3.63) is 16.1 Å². The third-order valence-electron chi connectivity index (χ3n) is 4.17. The third kappa shape index (κ3) is 3.54. The summed E-state index contributed by atoms with van der Waals surface area (Å²) in [5, 5.41) is 3.38. The van der Waals surface area contributed by atoms with Crippen molar-refractivity contribution in [1.82, 2.24) is 14.8 Å². The van der Waals surface area contributed by atoms with Crippen molar-refractivity contribution >= 4 is 11.3 Å². The molecular formula is C14H23N3OS. The molecule has 0 unspecified atom stereocenters. The predicted octanol–water partition coefficient (Wildman–Crippen LogP) is 1.75. The van der Waals surface area contributed by atoms with Crippen LogP contribution in [0.15, 0.2) is 5.38 Å². The smallest absolute Gasteiger partial charge is 0.0897 e. The van der Waals surface area contributed by atoms with Crippen LogP contribution in [0.3, 0.4) is 0 Å². The summed E-state index contributed by atoms with van der Waals surface area (Å²) in [5.41, 5.74) is 1.24. The molecule has 0 saturated carbocycles. The van der Waals surface area contributed by atoms with E-state index in [1.165, 1.54) is 36.6 Å². The van der Waals surface area contributed by atoms with E-state index in [1.54, 1.807) is 11.3 Å². The summed E-state index contributed by atoms with van der Waals surface area (Å²) < 4.78 is 5.43. The molecule has 0 amide bonds. The largest absolute Gasteiger partial charge is 0.379 e. The van der Waals surface area contributed by atoms with E-state index in [-0.39, 0.29) is 0 Å². The molecule has 5 heteroatoms. The normalized spacial score (nSPS) is 23.8. The highest BCUT2D eigenvalue weighted by molar-refractivity contribution is 7.09. The van der Waals surface area contributed by atoms with E-state index in [2.05, 4.69) is 27.1 Å². The van der Waals surface area contributed by atoms with E-state index >= 15 is 0 Å². The molecule has 0 aromatic carbocycles. The number of piperidine rings is 1. The van der Waals surface area contributed by atoms with Crippen LogP contribution in [0.25, 0.3) is 0 Å². The first-order chi connectivity index (χ1) is 9.31. The van der Waals surface area contributed by atoms with Gasteiger partial charge in [-0.2, -0.15) is 0 Å². The van der Waals surface area contributed by atoms with Crippen LogP contribution in [0.2, 0.25) is 0 Å². The highest BCUT2D eigenvalue weighted by atomic mass is 32.1. The molecule has 2 saturated heterocycles. The quantitative estimate of drug-likeness (QED) is 0.844. The zero-order valence-corrected chi connectivity index (χ0v) is 12.5. The second-order valence-electron chi connectivity index (χ2n) is 5.51. The predicted molar refractivity (Wildman–Crippen MR) is 77.5 cm³/mol. The van der Waals surface area contributed by atoms with Crippen molar-refractivity contribution in [1.29, 1.82) is 0 Å². The highest BCUT2D eigenvalue weighted by Crippen LogP contribution is 2.19. The standard InChI is InChI=1S/C14H23N3OS/c1-12-15-13(11-19-12)10-16-4-2-14(3-5-16)17-6-8-18-9-7-17/h11,14H,2-10H2,1H3. The maximum Gasteiger partial charge on any atom is 0.0897 e. The Morgan fingerprint density at radius 1 is 1.26 bits per heavy atom. The Balaban J connectivity index is 1.46. The Kier molecular flexibility index (Phi) is 4.48. The Morgan fingerprint density at radius 2 is 2.00 bits per heavy atom. The number of hydrogen-bond acceptors (Lipinski definition) is 5. The number of likely N-dealkylation sites (tertiary alicyclic amines) is 1. The van der Waals surface area contributed by atoms with Crippen LogP contribution in [-0.2, 0) is 11.3 Å². The van der Waals surface area contributed by atoms with E-state index in [0.717, 1.165) is 38.9 Å². The van der Waals surface area contributed by atoms with Crippen LogP contribution >= 0.6 is 11.3 Å². The lowest BCUT2D eigenvalue weighted by atomic mass is 10.0. The Bertz CT molecular complexity index is 395. The molecule has 2 aliphatic heterocycles. The number of hydrogen-bond donors (Lipinski definition) is 0. The molecular weight excluding hydrogens is 258 g/mol. The van der Waals surface area contributed by atoms with E-state index in [9.17, 15) is 0 Å². The number of nitrogens with zero attached hydrogens (tertiary/aromatic N) is 3. The molecule has 0 radical (unpaired) electrons. The second-order valence-corrected chi connectivity index (χ2v) is 6.58. The minimum absolute atomic E-state index is 0.775. The van der Waals surface area contributed by atoms with E-state index in [1.807, 2.05) is 0 Å². The first-order valence-electron chi connectivity index (χ1n) is 7.26. The summed E-state index contributed by atoms with van der Waals surface area (Å²) in [6.07, 6.45) is 2.59. The Labute approximate surface area is 119 Å². The van der Waals surface area contributed by atoms with Gasteiger partial charge in [-0.3, -0.25) is 9.80 Å². The molecule has 19 heavy (non-hydrogen) atoms. The van der Waals surface area contributed by atoms with Gasteiger partial charge in [0.15, 0.2) is 0 Å². The van der Waals surface area contributed by atoms with E-state index < -0.39 is 0 Å². The molecule has 0 bridgehead atoms. The lowest BCUT2D eigenvalue weighted by Crippen LogP contribution is -2.48. The molecule has 2 fully saturated rings. The van der Waals surface area contributed by atoms with Gasteiger partial charge in [-0.05, 0) is 19.8 Å². The summed E-state index contributed by atoms with van der Waals surface area (Å²) >= 11 is 1.76. The number of aromatic nitrogens is 1. The molecule has 0 N–H and O–H groups in total. The zero-order chi connectivity index (χ0) is 13.1. The average molecular weight is 281 g/mol. The molecule has 1 aromatic rings. The maximum atomic E-state index is 5.43. The lowest BCUT2D eigenvalue weighted by Gasteiger charge is -2.39. The van der Waals surface area contributed by atoms with Gasteiger partial charge in [-0.1, -0.05) is 0 Å². The fourth-order valence-corrected chi connectivity index (χ4v) is 3.70. The van der Waals surface area contributed by atoms with Crippen LogP contribution in [0.1, 0.15) is 23.5 Å². The molecule has 1 aromatic heterocycles. The SMILES string of the molecule is Cc1nc(CN2CCC(N3CCOCC3)CC2)cs1. The minimum atomic E-state index is 0.775. The Hall–Kier alpha value is -0.490. The molecule has 4 nitrogen and oxygen atoms in total. The van der Waals surface area contributed by atoms with Crippen LogP contribution in [0, 0.1) is 6.92 Å². The molecule has 0 aliphatic carbocycles. The van der Waals surface area contributed by atoms with Gasteiger partial charge in [0, 0.05) is 44.1 Å². The first-order valence-corrected chi connectivity index (χ1v) is 8.14. The summed E-state index contributed by atoms with van der Waals surface area (Å²) in [5.74, 6) is 0. The zero-order valence-electron chi connectivity index (χ0n) is 11.7. The number of rotatable bonds is 3. The summed E-state index contributed by atoms with van der Waals surface area (Å²) in [6, 6.07) is 0.775. The molecule has 3 rings (SSSR count). The molecule has 2 aliphatic rings. The van der Waals surface area contributed by atoms with Gasteiger partial charge in [0.1, 0.15) is 0 Å². The maximum absolute atomic E-state index is 5.43. The van der Waals surface area contributed by atoms with Crippen molar-refractivity contribution in [2.45, 2.75) is 32.4 Å². The summed E-state index contributed by atoms with van der Waals surface area (Å²) in [7, 11) is 0. The van der Waals surface area contributed by atoms with Crippen LogP contribution in [0.5, 0.6) is 0 Å². The summed E-state index contributed by atoms with van der Waals surface area (Å²) in [4.78, 5) is 9.73. The highest BCUT2D eigenvalue weighted by Gasteiger charge is 2.25. The van der Waals surface area contributed by atoms with Crippen molar-refractivity contribution in [3.63, 3.8) is 0 Å². The van der Waals surface area contributed by atoms with Gasteiger partial charge in [0.25, 0.3) is 0 Å². The van der Waals surface area contributed by atoms with Gasteiger partial charge in [-0.25, -0.2) is 4.98 Å². The molecule has 0 atom stereocenters. The minimum Gasteiger partial charge on any atom is -0.379 e. The van der Waals surface area contributed by atoms with Crippen LogP contribution < -0.4 is 0 Å². The molecule has 106 valence electrons. The van der Waals surface area contributed by atoms with E-state index in [4.69, 9.17) is 4.74 Å². The van der Waals surface area contributed by atoms with E-state index in [0.29, 0.717) is 0 Å². The number of thiazole rings is 1. The molecule has 0 spiro atoms. The van der Waals surface area contributed by atoms with Gasteiger partial charge in [0.2, 0.25) is 0 Å². The number of morpholine rings is 1. The fourth-order valence-electron chi connectivity index (χ4n) is 3.10. The summed E-state index contributed by atoms with van der Waals surface area (Å²) in [6.45, 7) is 9.60. The Morgan fingerprint density at radius 3 is 2.63 bits per heavy atom. The van der Waals surface area contributed by atoms with Crippen molar-refractivity contribution in [2.75, 3.05) is 39.4 Å². The monoisotopic (exact) mass is 281 g/mol. The average Bonchev–Trinajstić information content (AvgIpc) is 2.86. The van der Waals surface area contributed by atoms with Gasteiger partial charge in [0.05, 0.1) is 23.9 Å².